The van der Waals surface area contributed by atoms with E-state index in [2.05, 4.69) is 12.2 Å². The second-order valence-corrected chi connectivity index (χ2v) is 4.90. The van der Waals surface area contributed by atoms with Crippen molar-refractivity contribution in [3.8, 4) is 5.75 Å². The molecule has 4 nitrogen and oxygen atoms in total. The highest BCUT2D eigenvalue weighted by Gasteiger charge is 2.25. The molecule has 1 heterocycles. The fourth-order valence-electron chi connectivity index (χ4n) is 2.51. The lowest BCUT2D eigenvalue weighted by Crippen LogP contribution is -2.41. The van der Waals surface area contributed by atoms with Gasteiger partial charge < -0.3 is 15.0 Å². The molecule has 1 unspecified atom stereocenters. The van der Waals surface area contributed by atoms with Crippen molar-refractivity contribution in [1.29, 1.82) is 0 Å². The summed E-state index contributed by atoms with van der Waals surface area (Å²) in [6.45, 7) is 3.02. The van der Waals surface area contributed by atoms with E-state index < -0.39 is 0 Å². The number of anilines is 1. The molecule has 0 aromatic heterocycles. The van der Waals surface area contributed by atoms with E-state index in [1.165, 1.54) is 0 Å². The number of likely N-dealkylation sites (N-methyl/N-ethyl adjacent to an activating group) is 1. The first kappa shape index (κ1) is 13.9. The lowest BCUT2D eigenvalue weighted by atomic mass is 10.1. The smallest absolute Gasteiger partial charge is 0.243 e. The molecule has 0 bridgehead atoms. The van der Waals surface area contributed by atoms with Gasteiger partial charge in [0.05, 0.1) is 13.2 Å². The maximum atomic E-state index is 12.3. The van der Waals surface area contributed by atoms with Crippen LogP contribution in [0, 0.1) is 0 Å². The number of hydrogen-bond donors (Lipinski definition) is 1. The molecular formula is C15H22N2O2. The average molecular weight is 262 g/mol. The summed E-state index contributed by atoms with van der Waals surface area (Å²) in [5.74, 6) is 1.02. The van der Waals surface area contributed by atoms with Crippen molar-refractivity contribution in [3.63, 3.8) is 0 Å². The minimum absolute atomic E-state index is 0.0304. The molecule has 1 aliphatic rings. The minimum Gasteiger partial charge on any atom is -0.496 e. The van der Waals surface area contributed by atoms with Crippen LogP contribution >= 0.6 is 0 Å². The van der Waals surface area contributed by atoms with Crippen LogP contribution in [-0.2, 0) is 11.2 Å². The number of nitrogens with zero attached hydrogens (tertiary/aromatic N) is 1. The van der Waals surface area contributed by atoms with Crippen molar-refractivity contribution in [2.45, 2.75) is 32.2 Å². The number of nitrogens with one attached hydrogen (secondary N) is 1. The summed E-state index contributed by atoms with van der Waals surface area (Å²) in [7, 11) is 3.51. The monoisotopic (exact) mass is 262 g/mol. The Bertz CT molecular complexity index is 453. The van der Waals surface area contributed by atoms with Crippen LogP contribution in [0.25, 0.3) is 0 Å². The third kappa shape index (κ3) is 2.89. The van der Waals surface area contributed by atoms with Gasteiger partial charge >= 0.3 is 0 Å². The van der Waals surface area contributed by atoms with Gasteiger partial charge in [-0.2, -0.15) is 0 Å². The van der Waals surface area contributed by atoms with Gasteiger partial charge in [0.2, 0.25) is 5.91 Å². The molecule has 2 rings (SSSR count). The maximum Gasteiger partial charge on any atom is 0.243 e. The number of hydrogen-bond acceptors (Lipinski definition) is 3. The molecule has 0 spiro atoms. The SMILES string of the molecule is CCc1cc(N(C)C(=O)C2CCCN2)ccc1OC. The van der Waals surface area contributed by atoms with E-state index in [1.807, 2.05) is 25.2 Å². The van der Waals surface area contributed by atoms with Gasteiger partial charge in [0.25, 0.3) is 0 Å². The number of carbonyl (C=O) groups excluding carboxylic acids is 1. The normalized spacial score (nSPS) is 18.4. The second kappa shape index (κ2) is 6.06. The van der Waals surface area contributed by atoms with Crippen LogP contribution < -0.4 is 15.0 Å². The predicted octanol–water partition coefficient (Wildman–Crippen LogP) is 1.97. The zero-order valence-corrected chi connectivity index (χ0v) is 11.9. The van der Waals surface area contributed by atoms with E-state index in [1.54, 1.807) is 12.0 Å². The molecule has 1 atom stereocenters. The average Bonchev–Trinajstić information content (AvgIpc) is 2.99. The van der Waals surface area contributed by atoms with Gasteiger partial charge in [0, 0.05) is 12.7 Å². The minimum atomic E-state index is -0.0304. The van der Waals surface area contributed by atoms with Crippen LogP contribution in [0.5, 0.6) is 5.75 Å². The summed E-state index contributed by atoms with van der Waals surface area (Å²) < 4.78 is 5.32. The molecule has 1 saturated heterocycles. The number of rotatable bonds is 4. The van der Waals surface area contributed by atoms with Gasteiger partial charge in [-0.05, 0) is 49.6 Å². The van der Waals surface area contributed by atoms with Gasteiger partial charge in [-0.15, -0.1) is 0 Å². The molecule has 19 heavy (non-hydrogen) atoms. The van der Waals surface area contributed by atoms with Crippen molar-refractivity contribution in [3.05, 3.63) is 23.8 Å². The first-order chi connectivity index (χ1) is 9.17. The lowest BCUT2D eigenvalue weighted by molar-refractivity contribution is -0.119. The van der Waals surface area contributed by atoms with Gasteiger partial charge in [-0.25, -0.2) is 0 Å². The summed E-state index contributed by atoms with van der Waals surface area (Å²) >= 11 is 0. The summed E-state index contributed by atoms with van der Waals surface area (Å²) in [6, 6.07) is 5.87. The number of benzene rings is 1. The van der Waals surface area contributed by atoms with Crippen molar-refractivity contribution in [2.75, 3.05) is 25.6 Å². The Morgan fingerprint density at radius 3 is 2.89 bits per heavy atom. The highest BCUT2D eigenvalue weighted by Crippen LogP contribution is 2.25. The van der Waals surface area contributed by atoms with Crippen molar-refractivity contribution in [2.24, 2.45) is 0 Å². The number of carbonyl (C=O) groups is 1. The van der Waals surface area contributed by atoms with Gasteiger partial charge in [0.15, 0.2) is 0 Å². The Balaban J connectivity index is 2.18. The zero-order chi connectivity index (χ0) is 13.8. The molecule has 4 heteroatoms. The van der Waals surface area contributed by atoms with E-state index in [-0.39, 0.29) is 11.9 Å². The maximum absolute atomic E-state index is 12.3. The first-order valence-corrected chi connectivity index (χ1v) is 6.85. The number of methoxy groups -OCH3 is 1. The standard InChI is InChI=1S/C15H22N2O2/c1-4-11-10-12(7-8-14(11)19-3)17(2)15(18)13-6-5-9-16-13/h7-8,10,13,16H,4-6,9H2,1-3H3. The molecule has 0 radical (unpaired) electrons. The predicted molar refractivity (Wildman–Crippen MR) is 76.8 cm³/mol. The molecule has 1 aromatic rings. The van der Waals surface area contributed by atoms with Crippen molar-refractivity contribution >= 4 is 11.6 Å². The van der Waals surface area contributed by atoms with Crippen LogP contribution in [0.3, 0.4) is 0 Å². The largest absolute Gasteiger partial charge is 0.496 e. The highest BCUT2D eigenvalue weighted by molar-refractivity contribution is 5.97. The topological polar surface area (TPSA) is 41.6 Å². The van der Waals surface area contributed by atoms with Crippen LogP contribution in [0.2, 0.25) is 0 Å². The third-order valence-electron chi connectivity index (χ3n) is 3.72. The number of amides is 1. The Hall–Kier alpha value is -1.55. The molecule has 104 valence electrons. The molecule has 0 aliphatic carbocycles. The Morgan fingerprint density at radius 2 is 2.32 bits per heavy atom. The lowest BCUT2D eigenvalue weighted by Gasteiger charge is -2.22. The fraction of sp³-hybridized carbons (Fsp3) is 0.533. The summed E-state index contributed by atoms with van der Waals surface area (Å²) in [5.41, 5.74) is 2.05. The molecule has 1 N–H and O–H groups in total. The van der Waals surface area contributed by atoms with Gasteiger partial charge in [-0.1, -0.05) is 6.92 Å². The van der Waals surface area contributed by atoms with E-state index in [9.17, 15) is 4.79 Å². The van der Waals surface area contributed by atoms with Gasteiger partial charge in [0.1, 0.15) is 5.75 Å². The van der Waals surface area contributed by atoms with Gasteiger partial charge in [-0.3, -0.25) is 4.79 Å². The van der Waals surface area contributed by atoms with Crippen LogP contribution in [0.15, 0.2) is 18.2 Å². The second-order valence-electron chi connectivity index (χ2n) is 4.90. The molecule has 1 aliphatic heterocycles. The van der Waals surface area contributed by atoms with Crippen molar-refractivity contribution < 1.29 is 9.53 Å². The summed E-state index contributed by atoms with van der Waals surface area (Å²) in [5, 5.41) is 3.24. The molecule has 0 saturated carbocycles. The Kier molecular flexibility index (Phi) is 4.43. The molecule has 1 fully saturated rings. The molecule has 1 amide bonds. The molecular weight excluding hydrogens is 240 g/mol. The first-order valence-electron chi connectivity index (χ1n) is 6.85. The van der Waals surface area contributed by atoms with Crippen LogP contribution in [-0.4, -0.2) is 32.7 Å². The van der Waals surface area contributed by atoms with Crippen LogP contribution in [0.4, 0.5) is 5.69 Å². The quantitative estimate of drug-likeness (QED) is 0.902. The number of ether oxygens (including phenoxy) is 1. The zero-order valence-electron chi connectivity index (χ0n) is 11.9. The summed E-state index contributed by atoms with van der Waals surface area (Å²) in [6.07, 6.45) is 2.90. The Labute approximate surface area is 114 Å². The fourth-order valence-corrected chi connectivity index (χ4v) is 2.51. The summed E-state index contributed by atoms with van der Waals surface area (Å²) in [4.78, 5) is 14.1. The van der Waals surface area contributed by atoms with E-state index in [4.69, 9.17) is 4.74 Å². The van der Waals surface area contributed by atoms with E-state index in [0.29, 0.717) is 0 Å². The molecule has 1 aromatic carbocycles. The van der Waals surface area contributed by atoms with E-state index >= 15 is 0 Å². The third-order valence-corrected chi connectivity index (χ3v) is 3.72. The van der Waals surface area contributed by atoms with Crippen molar-refractivity contribution in [1.82, 2.24) is 5.32 Å². The van der Waals surface area contributed by atoms with Crippen LogP contribution in [0.1, 0.15) is 25.3 Å². The van der Waals surface area contributed by atoms with E-state index in [0.717, 1.165) is 42.8 Å². The number of aryl methyl sites for hydroxylation is 1. The Morgan fingerprint density at radius 1 is 1.53 bits per heavy atom. The highest BCUT2D eigenvalue weighted by atomic mass is 16.5.